The highest BCUT2D eigenvalue weighted by Gasteiger charge is 2.69. The van der Waals surface area contributed by atoms with Gasteiger partial charge in [0.2, 0.25) is 0 Å². The van der Waals surface area contributed by atoms with Crippen LogP contribution in [0.1, 0.15) is 78.1 Å². The minimum atomic E-state index is 0.00499. The zero-order valence-electron chi connectivity index (χ0n) is 17.5. The molecular formula is C25H34O3. The standard InChI is InChI=1S/C25H34O3/c1-23-7-3-4-21(27)28-11-6-17(23)22-16-12-15(16)19-13-20(26)25(9-10-25)14-24(19,2)18(22)5-8-23/h13,15-18,22H,3-12,14H2,1-2H3/t15?,16?,17?,18?,22?,23-,24+/m0/s1. The van der Waals surface area contributed by atoms with Gasteiger partial charge in [0, 0.05) is 11.8 Å². The van der Waals surface area contributed by atoms with Gasteiger partial charge in [-0.25, -0.2) is 0 Å². The summed E-state index contributed by atoms with van der Waals surface area (Å²) in [5.41, 5.74) is 2.16. The van der Waals surface area contributed by atoms with E-state index in [0.717, 1.165) is 49.9 Å². The zero-order valence-corrected chi connectivity index (χ0v) is 17.5. The van der Waals surface area contributed by atoms with E-state index in [1.807, 2.05) is 0 Å². The molecule has 6 aliphatic rings. The van der Waals surface area contributed by atoms with Crippen LogP contribution < -0.4 is 0 Å². The van der Waals surface area contributed by atoms with Crippen molar-refractivity contribution in [2.45, 2.75) is 78.1 Å². The highest BCUT2D eigenvalue weighted by atomic mass is 16.5. The molecule has 0 amide bonds. The topological polar surface area (TPSA) is 43.4 Å². The van der Waals surface area contributed by atoms with Gasteiger partial charge in [-0.1, -0.05) is 19.4 Å². The molecule has 1 spiro atoms. The number of cyclic esters (lactones) is 1. The van der Waals surface area contributed by atoms with E-state index in [9.17, 15) is 9.59 Å². The normalized spacial score (nSPS) is 51.2. The zero-order chi connectivity index (χ0) is 19.3. The number of hydrogen-bond donors (Lipinski definition) is 0. The number of allylic oxidation sites excluding steroid dienone is 2. The van der Waals surface area contributed by atoms with Gasteiger partial charge < -0.3 is 4.74 Å². The van der Waals surface area contributed by atoms with Crippen molar-refractivity contribution in [3.05, 3.63) is 11.6 Å². The number of carbonyl (C=O) groups excluding carboxylic acids is 2. The molecule has 1 aliphatic heterocycles. The second kappa shape index (κ2) is 5.52. The van der Waals surface area contributed by atoms with E-state index >= 15 is 0 Å². The van der Waals surface area contributed by atoms with E-state index < -0.39 is 0 Å². The molecule has 0 aromatic carbocycles. The van der Waals surface area contributed by atoms with Crippen molar-refractivity contribution in [3.8, 4) is 0 Å². The third kappa shape index (κ3) is 2.28. The summed E-state index contributed by atoms with van der Waals surface area (Å²) in [5.74, 6) is 4.09. The first-order valence-corrected chi connectivity index (χ1v) is 11.8. The first-order valence-electron chi connectivity index (χ1n) is 11.8. The van der Waals surface area contributed by atoms with Crippen LogP contribution in [0.4, 0.5) is 0 Å². The van der Waals surface area contributed by atoms with Gasteiger partial charge in [0.15, 0.2) is 5.78 Å². The third-order valence-corrected chi connectivity index (χ3v) is 10.3. The van der Waals surface area contributed by atoms with Crippen LogP contribution in [0.3, 0.4) is 0 Å². The molecule has 0 bridgehead atoms. The largest absolute Gasteiger partial charge is 0.466 e. The monoisotopic (exact) mass is 382 g/mol. The molecule has 0 N–H and O–H groups in total. The summed E-state index contributed by atoms with van der Waals surface area (Å²) in [6.07, 6.45) is 13.2. The molecule has 1 saturated heterocycles. The van der Waals surface area contributed by atoms with E-state index in [1.54, 1.807) is 5.57 Å². The molecular weight excluding hydrogens is 348 g/mol. The number of ether oxygens (including phenoxy) is 1. The van der Waals surface area contributed by atoms with Crippen LogP contribution in [0.25, 0.3) is 0 Å². The number of rotatable bonds is 0. The van der Waals surface area contributed by atoms with Crippen molar-refractivity contribution >= 4 is 11.8 Å². The van der Waals surface area contributed by atoms with Crippen LogP contribution >= 0.6 is 0 Å². The van der Waals surface area contributed by atoms with Gasteiger partial charge in [-0.05, 0) is 104 Å². The molecule has 28 heavy (non-hydrogen) atoms. The van der Waals surface area contributed by atoms with Crippen LogP contribution in [0.15, 0.2) is 11.6 Å². The molecule has 4 saturated carbocycles. The lowest BCUT2D eigenvalue weighted by Gasteiger charge is -2.59. The minimum Gasteiger partial charge on any atom is -0.466 e. The fourth-order valence-electron chi connectivity index (χ4n) is 8.61. The van der Waals surface area contributed by atoms with Crippen molar-refractivity contribution in [2.24, 2.45) is 45.8 Å². The number of hydrogen-bond acceptors (Lipinski definition) is 3. The average Bonchev–Trinajstić information content (AvgIpc) is 3.55. The molecule has 0 aromatic heterocycles. The molecule has 152 valence electrons. The number of carbonyl (C=O) groups is 2. The van der Waals surface area contributed by atoms with Gasteiger partial charge in [-0.15, -0.1) is 0 Å². The van der Waals surface area contributed by atoms with Gasteiger partial charge in [0.1, 0.15) is 0 Å². The highest BCUT2D eigenvalue weighted by Crippen LogP contribution is 2.75. The first kappa shape index (κ1) is 17.7. The Bertz CT molecular complexity index is 777. The second-order valence-corrected chi connectivity index (χ2v) is 11.7. The molecule has 5 aliphatic carbocycles. The second-order valence-electron chi connectivity index (χ2n) is 11.7. The molecule has 0 aromatic rings. The third-order valence-electron chi connectivity index (χ3n) is 10.3. The van der Waals surface area contributed by atoms with Gasteiger partial charge in [0.05, 0.1) is 6.61 Å². The van der Waals surface area contributed by atoms with E-state index in [-0.39, 0.29) is 16.8 Å². The van der Waals surface area contributed by atoms with Crippen LogP contribution in [0.2, 0.25) is 0 Å². The molecule has 3 nitrogen and oxygen atoms in total. The van der Waals surface area contributed by atoms with E-state index in [4.69, 9.17) is 4.74 Å². The van der Waals surface area contributed by atoms with Gasteiger partial charge in [-0.2, -0.15) is 0 Å². The summed E-state index contributed by atoms with van der Waals surface area (Å²) in [6, 6.07) is 0. The lowest BCUT2D eigenvalue weighted by atomic mass is 9.45. The van der Waals surface area contributed by atoms with Crippen LogP contribution in [-0.2, 0) is 14.3 Å². The molecule has 5 unspecified atom stereocenters. The van der Waals surface area contributed by atoms with Crippen molar-refractivity contribution in [3.63, 3.8) is 0 Å². The Morgan fingerprint density at radius 1 is 1.04 bits per heavy atom. The molecule has 1 heterocycles. The summed E-state index contributed by atoms with van der Waals surface area (Å²) in [4.78, 5) is 24.7. The summed E-state index contributed by atoms with van der Waals surface area (Å²) in [6.45, 7) is 5.65. The summed E-state index contributed by atoms with van der Waals surface area (Å²) < 4.78 is 5.58. The van der Waals surface area contributed by atoms with Gasteiger partial charge >= 0.3 is 5.97 Å². The van der Waals surface area contributed by atoms with E-state index in [0.29, 0.717) is 36.1 Å². The maximum absolute atomic E-state index is 12.8. The highest BCUT2D eigenvalue weighted by molar-refractivity contribution is 5.99. The molecule has 3 heteroatoms. The fourth-order valence-corrected chi connectivity index (χ4v) is 8.61. The predicted octanol–water partition coefficient (Wildman–Crippen LogP) is 5.09. The summed E-state index contributed by atoms with van der Waals surface area (Å²) in [5, 5.41) is 0. The quantitative estimate of drug-likeness (QED) is 0.548. The first-order chi connectivity index (χ1) is 13.4. The number of fused-ring (bicyclic) bond motifs is 8. The van der Waals surface area contributed by atoms with Crippen molar-refractivity contribution in [1.29, 1.82) is 0 Å². The van der Waals surface area contributed by atoms with Crippen LogP contribution in [0.5, 0.6) is 0 Å². The fraction of sp³-hybridized carbons (Fsp3) is 0.840. The minimum absolute atomic E-state index is 0.00499. The molecule has 5 fully saturated rings. The number of esters is 1. The summed E-state index contributed by atoms with van der Waals surface area (Å²) in [7, 11) is 0. The van der Waals surface area contributed by atoms with Gasteiger partial charge in [-0.3, -0.25) is 9.59 Å². The maximum atomic E-state index is 12.8. The van der Waals surface area contributed by atoms with Crippen LogP contribution in [0, 0.1) is 45.8 Å². The Hall–Kier alpha value is -1.12. The van der Waals surface area contributed by atoms with Crippen molar-refractivity contribution < 1.29 is 14.3 Å². The Kier molecular flexibility index (Phi) is 3.49. The lowest BCUT2D eigenvalue weighted by Crippen LogP contribution is -2.53. The molecule has 7 atom stereocenters. The van der Waals surface area contributed by atoms with E-state index in [1.165, 1.54) is 25.7 Å². The average molecular weight is 383 g/mol. The Balaban J connectivity index is 1.38. The Morgan fingerprint density at radius 3 is 2.64 bits per heavy atom. The summed E-state index contributed by atoms with van der Waals surface area (Å²) >= 11 is 0. The SMILES string of the molecule is C[C@@]12CCCC(=O)OCCC1C1C3CC3C3=CC(=O)C4(CC4)C[C@]3(C)C1CC2. The van der Waals surface area contributed by atoms with Gasteiger partial charge in [0.25, 0.3) is 0 Å². The maximum Gasteiger partial charge on any atom is 0.305 e. The number of ketones is 1. The van der Waals surface area contributed by atoms with E-state index in [2.05, 4.69) is 19.9 Å². The van der Waals surface area contributed by atoms with Crippen LogP contribution in [-0.4, -0.2) is 18.4 Å². The Labute approximate surface area is 168 Å². The molecule has 6 rings (SSSR count). The smallest absolute Gasteiger partial charge is 0.305 e. The lowest BCUT2D eigenvalue weighted by molar-refractivity contribution is -0.144. The van der Waals surface area contributed by atoms with Crippen molar-refractivity contribution in [1.82, 2.24) is 0 Å². The van der Waals surface area contributed by atoms with Crippen molar-refractivity contribution in [2.75, 3.05) is 6.61 Å². The predicted molar refractivity (Wildman–Crippen MR) is 106 cm³/mol. The Morgan fingerprint density at radius 2 is 1.86 bits per heavy atom. The molecule has 0 radical (unpaired) electrons.